The molecule has 0 aliphatic carbocycles. The number of amides is 1. The Bertz CT molecular complexity index is 527. The average Bonchev–Trinajstić information content (AvgIpc) is 2.64. The van der Waals surface area contributed by atoms with E-state index in [-0.39, 0.29) is 0 Å². The van der Waals surface area contributed by atoms with Gasteiger partial charge in [-0.15, -0.1) is 0 Å². The summed E-state index contributed by atoms with van der Waals surface area (Å²) >= 11 is 5.93. The Labute approximate surface area is 102 Å². The van der Waals surface area contributed by atoms with Crippen LogP contribution >= 0.6 is 11.6 Å². The van der Waals surface area contributed by atoms with E-state index in [1.807, 2.05) is 6.92 Å². The van der Waals surface area contributed by atoms with Crippen molar-refractivity contribution in [1.82, 2.24) is 0 Å². The molecular weight excluding hydrogens is 244 g/mol. The summed E-state index contributed by atoms with van der Waals surface area (Å²) in [6.45, 7) is 1.83. The fraction of sp³-hybridized carbons (Fsp3) is 0.182. The molecule has 1 N–H and O–H groups in total. The van der Waals surface area contributed by atoms with Gasteiger partial charge in [0.1, 0.15) is 0 Å². The molecule has 1 aromatic carbocycles. The fourth-order valence-corrected chi connectivity index (χ4v) is 1.64. The summed E-state index contributed by atoms with van der Waals surface area (Å²) in [4.78, 5) is 22.5. The van der Waals surface area contributed by atoms with Crippen LogP contribution in [0.3, 0.4) is 0 Å². The SMILES string of the molecule is Cc1ccc(N2N=CC(C(=O)O)C2=O)cc1Cl. The number of carbonyl (C=O) groups excluding carboxylic acids is 1. The standard InChI is InChI=1S/C11H9ClN2O3/c1-6-2-3-7(4-9(6)12)14-10(15)8(5-13-14)11(16)17/h2-5,8H,1H3,(H,16,17). The zero-order valence-corrected chi connectivity index (χ0v) is 9.68. The van der Waals surface area contributed by atoms with E-state index in [0.717, 1.165) is 16.8 Å². The zero-order valence-electron chi connectivity index (χ0n) is 8.92. The van der Waals surface area contributed by atoms with Crippen molar-refractivity contribution in [3.8, 4) is 0 Å². The highest BCUT2D eigenvalue weighted by molar-refractivity contribution is 6.31. The van der Waals surface area contributed by atoms with Crippen molar-refractivity contribution < 1.29 is 14.7 Å². The van der Waals surface area contributed by atoms with Crippen LogP contribution in [-0.2, 0) is 9.59 Å². The Morgan fingerprint density at radius 2 is 2.24 bits per heavy atom. The van der Waals surface area contributed by atoms with Gasteiger partial charge < -0.3 is 5.11 Å². The summed E-state index contributed by atoms with van der Waals surface area (Å²) in [5, 5.41) is 14.1. The van der Waals surface area contributed by atoms with Gasteiger partial charge in [-0.25, -0.2) is 0 Å². The second-order valence-corrected chi connectivity index (χ2v) is 4.07. The summed E-state index contributed by atoms with van der Waals surface area (Å²) in [5.41, 5.74) is 1.34. The molecule has 0 fully saturated rings. The van der Waals surface area contributed by atoms with Crippen LogP contribution in [0.25, 0.3) is 0 Å². The lowest BCUT2D eigenvalue weighted by Gasteiger charge is -2.13. The van der Waals surface area contributed by atoms with E-state index in [1.165, 1.54) is 0 Å². The third-order valence-electron chi connectivity index (χ3n) is 2.47. The number of carboxylic acids is 1. The minimum atomic E-state index is -1.21. The van der Waals surface area contributed by atoms with Gasteiger partial charge in [0.05, 0.1) is 5.69 Å². The van der Waals surface area contributed by atoms with Crippen LogP contribution in [0.1, 0.15) is 5.56 Å². The number of hydrazone groups is 1. The third-order valence-corrected chi connectivity index (χ3v) is 2.88. The summed E-state index contributed by atoms with van der Waals surface area (Å²) < 4.78 is 0. The van der Waals surface area contributed by atoms with Crippen LogP contribution in [0.5, 0.6) is 0 Å². The first-order chi connectivity index (χ1) is 8.00. The van der Waals surface area contributed by atoms with Crippen molar-refractivity contribution in [2.45, 2.75) is 6.92 Å². The normalized spacial score (nSPS) is 18.8. The largest absolute Gasteiger partial charge is 0.480 e. The molecule has 6 heteroatoms. The maximum Gasteiger partial charge on any atom is 0.321 e. The number of hydrogen-bond acceptors (Lipinski definition) is 3. The second-order valence-electron chi connectivity index (χ2n) is 3.66. The first-order valence-electron chi connectivity index (χ1n) is 4.87. The molecule has 1 aliphatic heterocycles. The predicted molar refractivity (Wildman–Crippen MR) is 63.3 cm³/mol. The quantitative estimate of drug-likeness (QED) is 0.814. The lowest BCUT2D eigenvalue weighted by atomic mass is 10.1. The zero-order chi connectivity index (χ0) is 12.6. The molecule has 0 saturated heterocycles. The molecule has 1 heterocycles. The number of anilines is 1. The van der Waals surface area contributed by atoms with Gasteiger partial charge in [0.2, 0.25) is 0 Å². The lowest BCUT2D eigenvalue weighted by Crippen LogP contribution is -2.30. The molecule has 0 radical (unpaired) electrons. The molecule has 1 unspecified atom stereocenters. The molecule has 0 spiro atoms. The molecule has 0 aromatic heterocycles. The number of halogens is 1. The van der Waals surface area contributed by atoms with E-state index in [9.17, 15) is 9.59 Å². The molecule has 0 saturated carbocycles. The highest BCUT2D eigenvalue weighted by Crippen LogP contribution is 2.26. The van der Waals surface area contributed by atoms with Crippen molar-refractivity contribution in [1.29, 1.82) is 0 Å². The smallest absolute Gasteiger partial charge is 0.321 e. The number of benzene rings is 1. The number of hydrogen-bond donors (Lipinski definition) is 1. The summed E-state index contributed by atoms with van der Waals surface area (Å²) in [6, 6.07) is 4.99. The van der Waals surface area contributed by atoms with Gasteiger partial charge in [-0.05, 0) is 24.6 Å². The molecule has 1 aromatic rings. The van der Waals surface area contributed by atoms with Crippen LogP contribution < -0.4 is 5.01 Å². The van der Waals surface area contributed by atoms with E-state index >= 15 is 0 Å². The Morgan fingerprint density at radius 3 is 2.76 bits per heavy atom. The monoisotopic (exact) mass is 252 g/mol. The van der Waals surface area contributed by atoms with Crippen molar-refractivity contribution in [3.63, 3.8) is 0 Å². The number of carboxylic acid groups (broad SMARTS) is 1. The van der Waals surface area contributed by atoms with Gasteiger partial charge in [0, 0.05) is 11.2 Å². The van der Waals surface area contributed by atoms with Crippen molar-refractivity contribution in [2.24, 2.45) is 11.0 Å². The minimum absolute atomic E-state index is 0.464. The molecule has 17 heavy (non-hydrogen) atoms. The molecule has 1 aliphatic rings. The van der Waals surface area contributed by atoms with E-state index in [1.54, 1.807) is 18.2 Å². The fourth-order valence-electron chi connectivity index (χ4n) is 1.46. The number of rotatable bonds is 2. The van der Waals surface area contributed by atoms with Crippen molar-refractivity contribution in [3.05, 3.63) is 28.8 Å². The topological polar surface area (TPSA) is 70.0 Å². The highest BCUT2D eigenvalue weighted by atomic mass is 35.5. The predicted octanol–water partition coefficient (Wildman–Crippen LogP) is 1.68. The van der Waals surface area contributed by atoms with E-state index < -0.39 is 17.8 Å². The van der Waals surface area contributed by atoms with E-state index in [4.69, 9.17) is 16.7 Å². The van der Waals surface area contributed by atoms with E-state index in [0.29, 0.717) is 10.7 Å². The van der Waals surface area contributed by atoms with Gasteiger partial charge in [-0.3, -0.25) is 9.59 Å². The Balaban J connectivity index is 2.31. The summed E-state index contributed by atoms with van der Waals surface area (Å²) in [5.74, 6) is -3.01. The van der Waals surface area contributed by atoms with Crippen LogP contribution in [0.15, 0.2) is 23.3 Å². The molecule has 0 bridgehead atoms. The maximum absolute atomic E-state index is 11.7. The molecule has 1 atom stereocenters. The van der Waals surface area contributed by atoms with E-state index in [2.05, 4.69) is 5.10 Å². The van der Waals surface area contributed by atoms with Gasteiger partial charge in [-0.2, -0.15) is 10.1 Å². The number of carbonyl (C=O) groups is 2. The number of aliphatic carboxylic acids is 1. The first kappa shape index (κ1) is 11.6. The molecule has 88 valence electrons. The molecule has 1 amide bonds. The Hall–Kier alpha value is -1.88. The van der Waals surface area contributed by atoms with Gasteiger partial charge in [0.15, 0.2) is 5.92 Å². The number of aryl methyl sites for hydroxylation is 1. The van der Waals surface area contributed by atoms with Crippen molar-refractivity contribution >= 4 is 35.4 Å². The van der Waals surface area contributed by atoms with Gasteiger partial charge >= 0.3 is 5.97 Å². The van der Waals surface area contributed by atoms with Crippen LogP contribution in [0, 0.1) is 12.8 Å². The summed E-state index contributed by atoms with van der Waals surface area (Å²) in [6.07, 6.45) is 1.11. The minimum Gasteiger partial charge on any atom is -0.480 e. The highest BCUT2D eigenvalue weighted by Gasteiger charge is 2.35. The van der Waals surface area contributed by atoms with Crippen LogP contribution in [-0.4, -0.2) is 23.2 Å². The molecule has 5 nitrogen and oxygen atoms in total. The van der Waals surface area contributed by atoms with Crippen LogP contribution in [0.2, 0.25) is 5.02 Å². The average molecular weight is 253 g/mol. The Morgan fingerprint density at radius 1 is 1.53 bits per heavy atom. The first-order valence-corrected chi connectivity index (χ1v) is 5.25. The van der Waals surface area contributed by atoms with Crippen molar-refractivity contribution in [2.75, 3.05) is 5.01 Å². The summed E-state index contributed by atoms with van der Waals surface area (Å²) in [7, 11) is 0. The second kappa shape index (κ2) is 4.18. The van der Waals surface area contributed by atoms with Gasteiger partial charge in [0.25, 0.3) is 5.91 Å². The number of nitrogens with zero attached hydrogens (tertiary/aromatic N) is 2. The third kappa shape index (κ3) is 2.01. The van der Waals surface area contributed by atoms with Gasteiger partial charge in [-0.1, -0.05) is 17.7 Å². The van der Waals surface area contributed by atoms with Crippen LogP contribution in [0.4, 0.5) is 5.69 Å². The lowest BCUT2D eigenvalue weighted by molar-refractivity contribution is -0.142. The Kier molecular flexibility index (Phi) is 2.85. The molecular formula is C11H9ClN2O3. The maximum atomic E-state index is 11.7. The molecule has 2 rings (SSSR count).